The molecule has 0 amide bonds. The average Bonchev–Trinajstić information content (AvgIpc) is 3.17. The molecule has 0 aliphatic heterocycles. The van der Waals surface area contributed by atoms with Crippen LogP contribution in [0.2, 0.25) is 37.8 Å². The van der Waals surface area contributed by atoms with Crippen molar-refractivity contribution in [3.63, 3.8) is 0 Å². The van der Waals surface area contributed by atoms with Gasteiger partial charge in [0.1, 0.15) is 0 Å². The van der Waals surface area contributed by atoms with Crippen molar-refractivity contribution in [3.05, 3.63) is 12.2 Å². The van der Waals surface area contributed by atoms with E-state index in [1.165, 1.54) is 25.3 Å². The van der Waals surface area contributed by atoms with Gasteiger partial charge in [-0.05, 0) is 62.3 Å². The second kappa shape index (κ2) is 8.75. The van der Waals surface area contributed by atoms with Gasteiger partial charge in [-0.3, -0.25) is 0 Å². The van der Waals surface area contributed by atoms with Crippen molar-refractivity contribution in [1.29, 1.82) is 0 Å². The Balaban J connectivity index is 1.73. The summed E-state index contributed by atoms with van der Waals surface area (Å²) in [5.41, 5.74) is 0. The predicted molar refractivity (Wildman–Crippen MR) is 106 cm³/mol. The van der Waals surface area contributed by atoms with Gasteiger partial charge >= 0.3 is 8.80 Å². The highest BCUT2D eigenvalue weighted by atomic mass is 28.4. The molecule has 1 fully saturated rings. The Kier molecular flexibility index (Phi) is 7.49. The molecule has 0 aromatic carbocycles. The molecule has 7 heteroatoms. The third kappa shape index (κ3) is 5.36. The van der Waals surface area contributed by atoms with Crippen molar-refractivity contribution < 1.29 is 17.4 Å². The van der Waals surface area contributed by atoms with Crippen molar-refractivity contribution >= 4 is 26.2 Å². The van der Waals surface area contributed by atoms with E-state index >= 15 is 0 Å². The van der Waals surface area contributed by atoms with E-state index in [1.807, 2.05) is 0 Å². The molecule has 2 bridgehead atoms. The van der Waals surface area contributed by atoms with Crippen LogP contribution in [0.15, 0.2) is 12.2 Å². The summed E-state index contributed by atoms with van der Waals surface area (Å²) >= 11 is 0. The highest BCUT2D eigenvalue weighted by Gasteiger charge is 2.39. The largest absolute Gasteiger partial charge is 0.499 e. The van der Waals surface area contributed by atoms with E-state index in [0.717, 1.165) is 29.8 Å². The topological polar surface area (TPSA) is 36.9 Å². The second-order valence-corrected chi connectivity index (χ2v) is 18.4. The van der Waals surface area contributed by atoms with Gasteiger partial charge in [0.15, 0.2) is 17.4 Å². The first-order chi connectivity index (χ1) is 11.3. The molecule has 24 heavy (non-hydrogen) atoms. The smallest absolute Gasteiger partial charge is 0.458 e. The molecule has 4 unspecified atom stereocenters. The van der Waals surface area contributed by atoms with Crippen LogP contribution in [0.5, 0.6) is 0 Å². The summed E-state index contributed by atoms with van der Waals surface area (Å²) in [6.07, 6.45) is 9.10. The maximum absolute atomic E-state index is 6.62. The molecular weight excluding hydrogens is 352 g/mol. The average molecular weight is 389 g/mol. The quantitative estimate of drug-likeness (QED) is 0.395. The summed E-state index contributed by atoms with van der Waals surface area (Å²) in [5, 5.41) is 0. The molecule has 1 saturated carbocycles. The Bertz CT molecular complexity index is 418. The Labute approximate surface area is 152 Å². The molecule has 0 heterocycles. The maximum atomic E-state index is 6.62. The van der Waals surface area contributed by atoms with Crippen LogP contribution in [-0.4, -0.2) is 47.5 Å². The van der Waals surface area contributed by atoms with Crippen LogP contribution in [0.25, 0.3) is 0 Å². The maximum Gasteiger partial charge on any atom is 0.499 e. The highest BCUT2D eigenvalue weighted by Crippen LogP contribution is 2.46. The van der Waals surface area contributed by atoms with E-state index in [-0.39, 0.29) is 0 Å². The summed E-state index contributed by atoms with van der Waals surface area (Å²) in [6, 6.07) is 3.23. The number of fused-ring (bicyclic) bond motifs is 2. The molecule has 0 saturated heterocycles. The second-order valence-electron chi connectivity index (χ2n) is 8.10. The van der Waals surface area contributed by atoms with E-state index in [1.54, 1.807) is 21.3 Å². The Morgan fingerprint density at radius 2 is 1.67 bits per heavy atom. The van der Waals surface area contributed by atoms with Crippen molar-refractivity contribution in [2.24, 2.45) is 17.8 Å². The van der Waals surface area contributed by atoms with Gasteiger partial charge in [-0.1, -0.05) is 18.6 Å². The van der Waals surface area contributed by atoms with Crippen molar-refractivity contribution in [2.45, 2.75) is 57.0 Å². The highest BCUT2D eigenvalue weighted by molar-refractivity contribution is 6.78. The summed E-state index contributed by atoms with van der Waals surface area (Å²) in [5.74, 6) is 2.67. The number of rotatable bonds is 11. The number of hydrogen-bond acceptors (Lipinski definition) is 4. The van der Waals surface area contributed by atoms with Crippen LogP contribution < -0.4 is 0 Å². The monoisotopic (exact) mass is 388 g/mol. The normalized spacial score (nSPS) is 27.8. The molecule has 0 aromatic rings. The van der Waals surface area contributed by atoms with Gasteiger partial charge in [-0.2, -0.15) is 0 Å². The fraction of sp³-hybridized carbons (Fsp3) is 0.882. The molecule has 0 radical (unpaired) electrons. The standard InChI is InChI=1S/C17H36O4Si3/c1-18-24(19-2,20-3)12-10-22(4)21-23(5,6)11-9-17-14-15-7-8-16(17)13-15/h7-8,15-17,22H,9-14H2,1-6H3. The zero-order valence-corrected chi connectivity index (χ0v) is 19.5. The van der Waals surface area contributed by atoms with Crippen molar-refractivity contribution in [1.82, 2.24) is 0 Å². The van der Waals surface area contributed by atoms with Crippen LogP contribution >= 0.6 is 0 Å². The summed E-state index contributed by atoms with van der Waals surface area (Å²) in [7, 11) is -0.138. The van der Waals surface area contributed by atoms with Crippen LogP contribution in [-0.2, 0) is 17.4 Å². The van der Waals surface area contributed by atoms with E-state index in [9.17, 15) is 0 Å². The Morgan fingerprint density at radius 1 is 1.00 bits per heavy atom. The van der Waals surface area contributed by atoms with E-state index in [2.05, 4.69) is 31.8 Å². The van der Waals surface area contributed by atoms with Crippen LogP contribution in [0.1, 0.15) is 19.3 Å². The zero-order chi connectivity index (χ0) is 17.8. The molecule has 4 atom stereocenters. The minimum absolute atomic E-state index is 0.867. The van der Waals surface area contributed by atoms with Crippen LogP contribution in [0.4, 0.5) is 0 Å². The van der Waals surface area contributed by atoms with E-state index in [0.29, 0.717) is 0 Å². The molecular formula is C17H36O4Si3. The van der Waals surface area contributed by atoms with Gasteiger partial charge in [-0.15, -0.1) is 0 Å². The summed E-state index contributed by atoms with van der Waals surface area (Å²) in [6.45, 7) is 7.11. The molecule has 2 aliphatic carbocycles. The minimum Gasteiger partial charge on any atom is -0.458 e. The Morgan fingerprint density at radius 3 is 2.17 bits per heavy atom. The Hall–Kier alpha value is 0.231. The third-order valence-electron chi connectivity index (χ3n) is 5.84. The lowest BCUT2D eigenvalue weighted by Crippen LogP contribution is -2.44. The first-order valence-corrected chi connectivity index (χ1v) is 16.8. The third-order valence-corrected chi connectivity index (χ3v) is 15.9. The fourth-order valence-electron chi connectivity index (χ4n) is 4.36. The van der Waals surface area contributed by atoms with E-state index in [4.69, 9.17) is 17.4 Å². The number of hydrogen-bond donors (Lipinski definition) is 0. The molecule has 2 aliphatic rings. The van der Waals surface area contributed by atoms with Gasteiger partial charge < -0.3 is 17.4 Å². The lowest BCUT2D eigenvalue weighted by molar-refractivity contribution is 0.125. The minimum atomic E-state index is -2.44. The van der Waals surface area contributed by atoms with Gasteiger partial charge in [0.05, 0.1) is 0 Å². The van der Waals surface area contributed by atoms with Crippen molar-refractivity contribution in [3.8, 4) is 0 Å². The first-order valence-electron chi connectivity index (χ1n) is 9.34. The lowest BCUT2D eigenvalue weighted by atomic mass is 9.91. The molecule has 4 nitrogen and oxygen atoms in total. The number of allylic oxidation sites excluding steroid dienone is 2. The van der Waals surface area contributed by atoms with Gasteiger partial charge in [-0.25, -0.2) is 0 Å². The molecule has 140 valence electrons. The zero-order valence-electron chi connectivity index (χ0n) is 16.3. The summed E-state index contributed by atoms with van der Waals surface area (Å²) in [4.78, 5) is 0. The fourth-order valence-corrected chi connectivity index (χ4v) is 14.9. The SMILES string of the molecule is CO[Si](CC[SiH](C)O[Si](C)(C)CCC1CC2C=CC1C2)(OC)OC. The van der Waals surface area contributed by atoms with Crippen LogP contribution in [0, 0.1) is 17.8 Å². The first kappa shape index (κ1) is 20.5. The molecule has 0 N–H and O–H groups in total. The molecule has 0 spiro atoms. The van der Waals surface area contributed by atoms with E-state index < -0.39 is 26.2 Å². The lowest BCUT2D eigenvalue weighted by Gasteiger charge is -2.31. The summed E-state index contributed by atoms with van der Waals surface area (Å²) < 4.78 is 23.2. The van der Waals surface area contributed by atoms with Gasteiger partial charge in [0.25, 0.3) is 0 Å². The predicted octanol–water partition coefficient (Wildman–Crippen LogP) is 4.04. The van der Waals surface area contributed by atoms with Crippen LogP contribution in [0.3, 0.4) is 0 Å². The van der Waals surface area contributed by atoms with Gasteiger partial charge in [0, 0.05) is 27.4 Å². The molecule has 2 rings (SSSR count). The molecule has 0 aromatic heterocycles. The van der Waals surface area contributed by atoms with Crippen molar-refractivity contribution in [2.75, 3.05) is 21.3 Å². The van der Waals surface area contributed by atoms with Gasteiger partial charge in [0.2, 0.25) is 0 Å².